The number of hydrogen-bond acceptors (Lipinski definition) is 3. The van der Waals surface area contributed by atoms with Crippen molar-refractivity contribution in [2.75, 3.05) is 13.7 Å². The molecule has 0 aromatic heterocycles. The van der Waals surface area contributed by atoms with Crippen molar-refractivity contribution in [1.82, 2.24) is 0 Å². The van der Waals surface area contributed by atoms with Gasteiger partial charge in [-0.15, -0.1) is 0 Å². The minimum atomic E-state index is 0.0437. The van der Waals surface area contributed by atoms with Gasteiger partial charge in [0.1, 0.15) is 0 Å². The molecule has 2 rings (SSSR count). The third-order valence-electron chi connectivity index (χ3n) is 3.10. The van der Waals surface area contributed by atoms with Crippen LogP contribution in [0.1, 0.15) is 34.1 Å². The van der Waals surface area contributed by atoms with Crippen LogP contribution in [0.2, 0.25) is 0 Å². The van der Waals surface area contributed by atoms with Gasteiger partial charge >= 0.3 is 0 Å². The van der Waals surface area contributed by atoms with Crippen molar-refractivity contribution < 1.29 is 14.3 Å². The van der Waals surface area contributed by atoms with Gasteiger partial charge in [-0.1, -0.05) is 24.3 Å². The fourth-order valence-corrected chi connectivity index (χ4v) is 1.98. The van der Waals surface area contributed by atoms with Gasteiger partial charge in [0, 0.05) is 24.7 Å². The number of ketones is 2. The largest absolute Gasteiger partial charge is 0.384 e. The molecule has 19 heavy (non-hydrogen) atoms. The second-order valence-corrected chi connectivity index (χ2v) is 4.50. The van der Waals surface area contributed by atoms with E-state index in [1.165, 1.54) is 0 Å². The van der Waals surface area contributed by atoms with E-state index in [-0.39, 0.29) is 11.6 Å². The van der Waals surface area contributed by atoms with Crippen molar-refractivity contribution in [3.63, 3.8) is 0 Å². The van der Waals surface area contributed by atoms with E-state index in [1.807, 2.05) is 24.3 Å². The molecular weight excluding hydrogens is 240 g/mol. The third-order valence-corrected chi connectivity index (χ3v) is 3.10. The molecule has 0 bridgehead atoms. The van der Waals surface area contributed by atoms with Crippen LogP contribution < -0.4 is 0 Å². The molecule has 0 N–H and O–H groups in total. The molecule has 0 fully saturated rings. The molecule has 0 aliphatic carbocycles. The fraction of sp³-hybridized carbons (Fsp3) is 0.250. The molecule has 2 aromatic carbocycles. The van der Waals surface area contributed by atoms with Gasteiger partial charge < -0.3 is 4.74 Å². The van der Waals surface area contributed by atoms with E-state index < -0.39 is 0 Å². The lowest BCUT2D eigenvalue weighted by molar-refractivity contribution is 0.0931. The Hall–Kier alpha value is -2.00. The van der Waals surface area contributed by atoms with Gasteiger partial charge in [0.05, 0.1) is 6.61 Å². The zero-order valence-electron chi connectivity index (χ0n) is 11.1. The van der Waals surface area contributed by atoms with Gasteiger partial charge in [-0.2, -0.15) is 0 Å². The molecule has 0 saturated carbocycles. The summed E-state index contributed by atoms with van der Waals surface area (Å²) in [5.74, 6) is 0.113. The quantitative estimate of drug-likeness (QED) is 0.771. The van der Waals surface area contributed by atoms with Crippen LogP contribution in [-0.4, -0.2) is 25.3 Å². The highest BCUT2D eigenvalue weighted by molar-refractivity contribution is 6.02. The molecule has 2 aromatic rings. The molecule has 0 amide bonds. The first kappa shape index (κ1) is 13.4. The predicted octanol–water partition coefficient (Wildman–Crippen LogP) is 3.26. The summed E-state index contributed by atoms with van der Waals surface area (Å²) < 4.78 is 4.91. The van der Waals surface area contributed by atoms with E-state index in [4.69, 9.17) is 4.74 Å². The Morgan fingerprint density at radius 1 is 1.00 bits per heavy atom. The van der Waals surface area contributed by atoms with Crippen molar-refractivity contribution >= 4 is 22.3 Å². The molecule has 3 nitrogen and oxygen atoms in total. The van der Waals surface area contributed by atoms with Gasteiger partial charge in [0.15, 0.2) is 11.6 Å². The topological polar surface area (TPSA) is 43.4 Å². The number of Topliss-reactive ketones (excluding diaryl/α,β-unsaturated/α-hetero) is 2. The van der Waals surface area contributed by atoms with Gasteiger partial charge in [0.25, 0.3) is 0 Å². The maximum atomic E-state index is 11.9. The average Bonchev–Trinajstić information content (AvgIpc) is 2.43. The van der Waals surface area contributed by atoms with Crippen molar-refractivity contribution in [2.45, 2.75) is 13.3 Å². The number of benzene rings is 2. The predicted molar refractivity (Wildman–Crippen MR) is 74.8 cm³/mol. The Bertz CT molecular complexity index is 629. The molecule has 0 radical (unpaired) electrons. The Balaban J connectivity index is 2.34. The first-order valence-corrected chi connectivity index (χ1v) is 6.18. The SMILES string of the molecule is COCCC(=O)c1ccc2cc(C(C)=O)ccc2c1. The molecule has 0 atom stereocenters. The van der Waals surface area contributed by atoms with Gasteiger partial charge in [0.2, 0.25) is 0 Å². The summed E-state index contributed by atoms with van der Waals surface area (Å²) in [6, 6.07) is 11.0. The molecule has 0 spiro atoms. The average molecular weight is 256 g/mol. The smallest absolute Gasteiger partial charge is 0.165 e. The van der Waals surface area contributed by atoms with Gasteiger partial charge in [-0.05, 0) is 29.8 Å². The van der Waals surface area contributed by atoms with Crippen LogP contribution in [0, 0.1) is 0 Å². The molecule has 0 aliphatic heterocycles. The second-order valence-electron chi connectivity index (χ2n) is 4.50. The number of ether oxygens (including phenoxy) is 1. The summed E-state index contributed by atoms with van der Waals surface area (Å²) in [4.78, 5) is 23.2. The van der Waals surface area contributed by atoms with E-state index in [9.17, 15) is 9.59 Å². The lowest BCUT2D eigenvalue weighted by Gasteiger charge is -2.04. The molecule has 0 saturated heterocycles. The van der Waals surface area contributed by atoms with Crippen LogP contribution in [0.3, 0.4) is 0 Å². The highest BCUT2D eigenvalue weighted by atomic mass is 16.5. The standard InChI is InChI=1S/C16H16O3/c1-11(17)12-3-4-14-10-15(6-5-13(14)9-12)16(18)7-8-19-2/h3-6,9-10H,7-8H2,1-2H3. The van der Waals surface area contributed by atoms with E-state index >= 15 is 0 Å². The van der Waals surface area contributed by atoms with Crippen molar-refractivity contribution in [1.29, 1.82) is 0 Å². The number of carbonyl (C=O) groups is 2. The number of fused-ring (bicyclic) bond motifs is 1. The number of hydrogen-bond donors (Lipinski definition) is 0. The molecular formula is C16H16O3. The van der Waals surface area contributed by atoms with Crippen molar-refractivity contribution in [2.24, 2.45) is 0 Å². The molecule has 0 unspecified atom stereocenters. The lowest BCUT2D eigenvalue weighted by atomic mass is 10.0. The summed E-state index contributed by atoms with van der Waals surface area (Å²) in [5.41, 5.74) is 1.37. The van der Waals surface area contributed by atoms with E-state index in [0.29, 0.717) is 24.2 Å². The van der Waals surface area contributed by atoms with Gasteiger partial charge in [-0.25, -0.2) is 0 Å². The Labute approximate surface area is 112 Å². The number of carbonyl (C=O) groups excluding carboxylic acids is 2. The zero-order valence-corrected chi connectivity index (χ0v) is 11.1. The summed E-state index contributed by atoms with van der Waals surface area (Å²) in [6.07, 6.45) is 0.382. The Morgan fingerprint density at radius 2 is 1.58 bits per heavy atom. The number of rotatable bonds is 5. The Kier molecular flexibility index (Phi) is 4.07. The van der Waals surface area contributed by atoms with Crippen LogP contribution in [0.5, 0.6) is 0 Å². The summed E-state index contributed by atoms with van der Waals surface area (Å²) in [6.45, 7) is 1.98. The zero-order chi connectivity index (χ0) is 13.8. The minimum Gasteiger partial charge on any atom is -0.384 e. The van der Waals surface area contributed by atoms with Crippen LogP contribution in [0.15, 0.2) is 36.4 Å². The van der Waals surface area contributed by atoms with Crippen LogP contribution in [-0.2, 0) is 4.74 Å². The maximum Gasteiger partial charge on any atom is 0.165 e. The van der Waals surface area contributed by atoms with Gasteiger partial charge in [-0.3, -0.25) is 9.59 Å². The van der Waals surface area contributed by atoms with E-state index in [1.54, 1.807) is 26.2 Å². The van der Waals surface area contributed by atoms with Crippen molar-refractivity contribution in [3.8, 4) is 0 Å². The Morgan fingerprint density at radius 3 is 2.16 bits per heavy atom. The number of methoxy groups -OCH3 is 1. The molecule has 98 valence electrons. The summed E-state index contributed by atoms with van der Waals surface area (Å²) >= 11 is 0. The summed E-state index contributed by atoms with van der Waals surface area (Å²) in [5, 5.41) is 1.93. The van der Waals surface area contributed by atoms with Crippen LogP contribution in [0.4, 0.5) is 0 Å². The monoisotopic (exact) mass is 256 g/mol. The van der Waals surface area contributed by atoms with E-state index in [2.05, 4.69) is 0 Å². The highest BCUT2D eigenvalue weighted by Crippen LogP contribution is 2.19. The molecule has 3 heteroatoms. The maximum absolute atomic E-state index is 11.9. The van der Waals surface area contributed by atoms with E-state index in [0.717, 1.165) is 10.8 Å². The normalized spacial score (nSPS) is 10.6. The molecule has 0 aliphatic rings. The minimum absolute atomic E-state index is 0.0437. The third kappa shape index (κ3) is 3.06. The summed E-state index contributed by atoms with van der Waals surface area (Å²) in [7, 11) is 1.58. The molecule has 0 heterocycles. The lowest BCUT2D eigenvalue weighted by Crippen LogP contribution is -2.03. The fourth-order valence-electron chi connectivity index (χ4n) is 1.98. The van der Waals surface area contributed by atoms with Crippen molar-refractivity contribution in [3.05, 3.63) is 47.5 Å². The van der Waals surface area contributed by atoms with Crippen LogP contribution >= 0.6 is 0 Å². The highest BCUT2D eigenvalue weighted by Gasteiger charge is 2.07. The second kappa shape index (κ2) is 5.76. The first-order valence-electron chi connectivity index (χ1n) is 6.18. The van der Waals surface area contributed by atoms with Crippen LogP contribution in [0.25, 0.3) is 10.8 Å². The first-order chi connectivity index (χ1) is 9.11.